The maximum atomic E-state index is 13.1. The van der Waals surface area contributed by atoms with Crippen molar-refractivity contribution >= 4 is 17.1 Å². The number of carboxylic acid groups (broad SMARTS) is 1. The van der Waals surface area contributed by atoms with Crippen LogP contribution in [0.4, 0.5) is 8.78 Å². The zero-order valence-corrected chi connectivity index (χ0v) is 19.0. The molecule has 3 N–H and O–H groups in total. The fourth-order valence-corrected chi connectivity index (χ4v) is 3.94. The number of aromatic nitrogens is 1. The van der Waals surface area contributed by atoms with Crippen LogP contribution in [0.1, 0.15) is 18.1 Å². The molecule has 0 fully saturated rings. The molecule has 3 aromatic carbocycles. The number of ether oxygens (including phenoxy) is 1. The van der Waals surface area contributed by atoms with Crippen LogP contribution in [0.2, 0.25) is 0 Å². The lowest BCUT2D eigenvalue weighted by molar-refractivity contribution is -0.142. The van der Waals surface area contributed by atoms with Crippen LogP contribution in [0.15, 0.2) is 65.1 Å². The Morgan fingerprint density at radius 2 is 1.83 bits per heavy atom. The standard InChI is InChI=1S/C26H24F2N2O5/c1-14-18(16-7-4-3-5-8-16)9-6-10-19(14)24-30-20-11-17(13-29-23(15(2)31)25(32)33)21(35-26(27)28)12-22(20)34-24/h3-12,15,23,26,29,31H,13H2,1-2H3,(H,32,33)/t15-,23-/m1/s1. The van der Waals surface area contributed by atoms with Crippen LogP contribution < -0.4 is 10.1 Å². The fourth-order valence-electron chi connectivity index (χ4n) is 3.94. The average Bonchev–Trinajstić information content (AvgIpc) is 3.21. The molecule has 0 spiro atoms. The summed E-state index contributed by atoms with van der Waals surface area (Å²) in [6, 6.07) is 17.1. The highest BCUT2D eigenvalue weighted by molar-refractivity contribution is 5.82. The molecule has 0 bridgehead atoms. The van der Waals surface area contributed by atoms with Gasteiger partial charge in [-0.25, -0.2) is 4.98 Å². The van der Waals surface area contributed by atoms with Gasteiger partial charge < -0.3 is 19.4 Å². The van der Waals surface area contributed by atoms with E-state index in [1.807, 2.05) is 55.5 Å². The van der Waals surface area contributed by atoms with Crippen molar-refractivity contribution in [3.8, 4) is 28.3 Å². The lowest BCUT2D eigenvalue weighted by Gasteiger charge is -2.18. The minimum Gasteiger partial charge on any atom is -0.480 e. The van der Waals surface area contributed by atoms with Gasteiger partial charge in [-0.2, -0.15) is 8.78 Å². The van der Waals surface area contributed by atoms with E-state index in [-0.39, 0.29) is 23.4 Å². The van der Waals surface area contributed by atoms with Crippen molar-refractivity contribution in [2.24, 2.45) is 0 Å². The van der Waals surface area contributed by atoms with Gasteiger partial charge in [0.1, 0.15) is 17.3 Å². The van der Waals surface area contributed by atoms with E-state index in [4.69, 9.17) is 4.42 Å². The second kappa shape index (κ2) is 10.2. The number of hydrogen-bond acceptors (Lipinski definition) is 6. The summed E-state index contributed by atoms with van der Waals surface area (Å²) in [6.45, 7) is 0.0340. The molecule has 1 aromatic heterocycles. The van der Waals surface area contributed by atoms with Crippen molar-refractivity contribution in [1.29, 1.82) is 0 Å². The molecule has 182 valence electrons. The van der Waals surface area contributed by atoms with Crippen LogP contribution in [0.25, 0.3) is 33.7 Å². The Hall–Kier alpha value is -3.82. The minimum absolute atomic E-state index is 0.148. The predicted molar refractivity (Wildman–Crippen MR) is 126 cm³/mol. The molecular formula is C26H24F2N2O5. The molecule has 4 rings (SSSR count). The number of carboxylic acids is 1. The molecule has 0 unspecified atom stereocenters. The number of rotatable bonds is 9. The Kier molecular flexibility index (Phi) is 7.09. The molecule has 7 nitrogen and oxygen atoms in total. The molecule has 2 atom stereocenters. The Balaban J connectivity index is 1.73. The number of oxazole rings is 1. The molecule has 0 aliphatic carbocycles. The van der Waals surface area contributed by atoms with Crippen LogP contribution in [-0.2, 0) is 11.3 Å². The van der Waals surface area contributed by atoms with Crippen LogP contribution in [0.5, 0.6) is 5.75 Å². The second-order valence-electron chi connectivity index (χ2n) is 8.11. The molecule has 0 aliphatic rings. The summed E-state index contributed by atoms with van der Waals surface area (Å²) in [5, 5.41) is 21.6. The minimum atomic E-state index is -3.09. The van der Waals surface area contributed by atoms with Crippen molar-refractivity contribution in [3.05, 3.63) is 71.8 Å². The van der Waals surface area contributed by atoms with Gasteiger partial charge in [-0.05, 0) is 42.7 Å². The highest BCUT2D eigenvalue weighted by Gasteiger charge is 2.24. The van der Waals surface area contributed by atoms with Crippen molar-refractivity contribution in [3.63, 3.8) is 0 Å². The lowest BCUT2D eigenvalue weighted by atomic mass is 9.96. The fraction of sp³-hybridized carbons (Fsp3) is 0.231. The Morgan fingerprint density at radius 1 is 1.11 bits per heavy atom. The summed E-state index contributed by atoms with van der Waals surface area (Å²) in [6.07, 6.45) is -1.20. The van der Waals surface area contributed by atoms with E-state index in [1.165, 1.54) is 19.1 Å². The number of hydrogen-bond donors (Lipinski definition) is 3. The Labute approximate surface area is 200 Å². The number of fused-ring (bicyclic) bond motifs is 1. The first-order chi connectivity index (χ1) is 16.7. The molecule has 4 aromatic rings. The molecule has 0 radical (unpaired) electrons. The monoisotopic (exact) mass is 482 g/mol. The highest BCUT2D eigenvalue weighted by atomic mass is 19.3. The van der Waals surface area contributed by atoms with Gasteiger partial charge in [-0.3, -0.25) is 10.1 Å². The number of nitrogens with one attached hydrogen (secondary N) is 1. The number of halogens is 2. The van der Waals surface area contributed by atoms with Crippen LogP contribution >= 0.6 is 0 Å². The summed E-state index contributed by atoms with van der Waals surface area (Å²) >= 11 is 0. The van der Waals surface area contributed by atoms with E-state index in [0.717, 1.165) is 22.3 Å². The van der Waals surface area contributed by atoms with Gasteiger partial charge in [-0.1, -0.05) is 42.5 Å². The maximum absolute atomic E-state index is 13.1. The van der Waals surface area contributed by atoms with E-state index < -0.39 is 24.7 Å². The Bertz CT molecular complexity index is 1340. The largest absolute Gasteiger partial charge is 0.480 e. The van der Waals surface area contributed by atoms with Gasteiger partial charge in [0.05, 0.1) is 6.10 Å². The lowest BCUT2D eigenvalue weighted by Crippen LogP contribution is -2.44. The van der Waals surface area contributed by atoms with Crippen molar-refractivity contribution in [2.75, 3.05) is 0 Å². The van der Waals surface area contributed by atoms with E-state index in [0.29, 0.717) is 11.4 Å². The summed E-state index contributed by atoms with van der Waals surface area (Å²) in [5.74, 6) is -1.13. The molecule has 9 heteroatoms. The number of carbonyl (C=O) groups is 1. The summed E-state index contributed by atoms with van der Waals surface area (Å²) < 4.78 is 36.7. The smallest absolute Gasteiger partial charge is 0.387 e. The molecular weight excluding hydrogens is 458 g/mol. The third-order valence-electron chi connectivity index (χ3n) is 5.70. The van der Waals surface area contributed by atoms with Gasteiger partial charge >= 0.3 is 12.6 Å². The summed E-state index contributed by atoms with van der Waals surface area (Å²) in [4.78, 5) is 15.9. The SMILES string of the molecule is Cc1c(-c2ccccc2)cccc1-c1nc2cc(CN[C@@H](C(=O)O)[C@@H](C)O)c(OC(F)F)cc2o1. The normalized spacial score (nSPS) is 13.2. The molecule has 0 saturated carbocycles. The molecule has 1 heterocycles. The number of aliphatic hydroxyl groups is 1. The zero-order chi connectivity index (χ0) is 25.1. The zero-order valence-electron chi connectivity index (χ0n) is 19.0. The summed E-state index contributed by atoms with van der Waals surface area (Å²) in [7, 11) is 0. The van der Waals surface area contributed by atoms with Crippen molar-refractivity contribution in [2.45, 2.75) is 39.1 Å². The first-order valence-corrected chi connectivity index (χ1v) is 10.9. The van der Waals surface area contributed by atoms with Gasteiger partial charge in [0.2, 0.25) is 5.89 Å². The number of alkyl halides is 2. The number of aliphatic hydroxyl groups excluding tert-OH is 1. The van der Waals surface area contributed by atoms with Crippen LogP contribution in [0, 0.1) is 6.92 Å². The van der Waals surface area contributed by atoms with Gasteiger partial charge in [0.25, 0.3) is 0 Å². The highest BCUT2D eigenvalue weighted by Crippen LogP contribution is 2.35. The molecule has 35 heavy (non-hydrogen) atoms. The average molecular weight is 482 g/mol. The van der Waals surface area contributed by atoms with E-state index >= 15 is 0 Å². The first kappa shape index (κ1) is 24.3. The van der Waals surface area contributed by atoms with Crippen molar-refractivity contribution in [1.82, 2.24) is 10.3 Å². The second-order valence-corrected chi connectivity index (χ2v) is 8.11. The van der Waals surface area contributed by atoms with E-state index in [9.17, 15) is 23.8 Å². The van der Waals surface area contributed by atoms with Crippen molar-refractivity contribution < 1.29 is 32.9 Å². The van der Waals surface area contributed by atoms with Gasteiger partial charge in [-0.15, -0.1) is 0 Å². The molecule has 0 aliphatic heterocycles. The number of benzene rings is 3. The number of aliphatic carboxylic acids is 1. The third-order valence-corrected chi connectivity index (χ3v) is 5.70. The van der Waals surface area contributed by atoms with Gasteiger partial charge in [0, 0.05) is 23.7 Å². The predicted octanol–water partition coefficient (Wildman–Crippen LogP) is 5.00. The Morgan fingerprint density at radius 3 is 2.49 bits per heavy atom. The topological polar surface area (TPSA) is 105 Å². The molecule has 0 saturated heterocycles. The summed E-state index contributed by atoms with van der Waals surface area (Å²) in [5.41, 5.74) is 4.63. The van der Waals surface area contributed by atoms with Gasteiger partial charge in [0.15, 0.2) is 5.58 Å². The quantitative estimate of drug-likeness (QED) is 0.309. The van der Waals surface area contributed by atoms with E-state index in [2.05, 4.69) is 15.0 Å². The van der Waals surface area contributed by atoms with E-state index in [1.54, 1.807) is 0 Å². The van der Waals surface area contributed by atoms with Crippen LogP contribution in [-0.4, -0.2) is 39.9 Å². The van der Waals surface area contributed by atoms with Crippen LogP contribution in [0.3, 0.4) is 0 Å². The number of nitrogens with zero attached hydrogens (tertiary/aromatic N) is 1. The maximum Gasteiger partial charge on any atom is 0.387 e. The third kappa shape index (κ3) is 5.31. The molecule has 0 amide bonds. The first-order valence-electron chi connectivity index (χ1n) is 10.9.